The van der Waals surface area contributed by atoms with Crippen molar-refractivity contribution in [3.05, 3.63) is 29.3 Å². The minimum atomic E-state index is 0.191. The number of fused-ring (bicyclic) bond motifs is 1. The largest absolute Gasteiger partial charge is 0.493 e. The van der Waals surface area contributed by atoms with Crippen molar-refractivity contribution in [2.75, 3.05) is 32.8 Å². The van der Waals surface area contributed by atoms with Crippen molar-refractivity contribution >= 4 is 5.91 Å². The van der Waals surface area contributed by atoms with E-state index < -0.39 is 0 Å². The topological polar surface area (TPSA) is 32.8 Å². The van der Waals surface area contributed by atoms with E-state index in [2.05, 4.69) is 15.9 Å². The van der Waals surface area contributed by atoms with Crippen molar-refractivity contribution in [2.24, 2.45) is 0 Å². The first-order valence-electron chi connectivity index (χ1n) is 9.60. The summed E-state index contributed by atoms with van der Waals surface area (Å²) in [6, 6.07) is 6.73. The second-order valence-electron chi connectivity index (χ2n) is 7.39. The summed E-state index contributed by atoms with van der Waals surface area (Å²) in [5.74, 6) is 1.15. The summed E-state index contributed by atoms with van der Waals surface area (Å²) in [5, 5.41) is 0. The van der Waals surface area contributed by atoms with Crippen molar-refractivity contribution in [1.29, 1.82) is 0 Å². The van der Waals surface area contributed by atoms with Crippen LogP contribution >= 0.6 is 0 Å². The Balaban J connectivity index is 1.42. The Morgan fingerprint density at radius 3 is 2.75 bits per heavy atom. The van der Waals surface area contributed by atoms with Crippen molar-refractivity contribution in [3.8, 4) is 5.75 Å². The maximum atomic E-state index is 12.9. The van der Waals surface area contributed by atoms with E-state index in [0.717, 1.165) is 69.4 Å². The standard InChI is InChI=1S/C20H28N2O2/c23-20(17-8-9-19-16(15-17)5-3-14-24-19)22-11-4-10-21(12-13-22)18-6-1-2-7-18/h8-9,15,18H,1-7,10-14H2. The fourth-order valence-corrected chi connectivity index (χ4v) is 4.45. The van der Waals surface area contributed by atoms with E-state index in [1.165, 1.54) is 31.2 Å². The quantitative estimate of drug-likeness (QED) is 0.836. The molecule has 0 spiro atoms. The highest BCUT2D eigenvalue weighted by Gasteiger charge is 2.26. The molecule has 1 saturated carbocycles. The lowest BCUT2D eigenvalue weighted by Gasteiger charge is -2.27. The van der Waals surface area contributed by atoms with Crippen LogP contribution in [-0.2, 0) is 6.42 Å². The molecule has 4 nitrogen and oxygen atoms in total. The average molecular weight is 328 g/mol. The number of nitrogens with zero attached hydrogens (tertiary/aromatic N) is 2. The van der Waals surface area contributed by atoms with Crippen molar-refractivity contribution < 1.29 is 9.53 Å². The number of hydrogen-bond acceptors (Lipinski definition) is 3. The SMILES string of the molecule is O=C(c1ccc2c(c1)CCCO2)N1CCCN(C2CCCC2)CC1. The fraction of sp³-hybridized carbons (Fsp3) is 0.650. The third-order valence-corrected chi connectivity index (χ3v) is 5.81. The van der Waals surface area contributed by atoms with E-state index in [4.69, 9.17) is 4.74 Å². The highest BCUT2D eigenvalue weighted by atomic mass is 16.5. The molecule has 24 heavy (non-hydrogen) atoms. The summed E-state index contributed by atoms with van der Waals surface area (Å²) in [5.41, 5.74) is 2.02. The number of aryl methyl sites for hydroxylation is 1. The molecule has 0 N–H and O–H groups in total. The van der Waals surface area contributed by atoms with Gasteiger partial charge in [-0.15, -0.1) is 0 Å². The van der Waals surface area contributed by atoms with Crippen LogP contribution < -0.4 is 4.74 Å². The van der Waals surface area contributed by atoms with Gasteiger partial charge in [0.2, 0.25) is 0 Å². The Morgan fingerprint density at radius 2 is 1.88 bits per heavy atom. The maximum Gasteiger partial charge on any atom is 0.253 e. The summed E-state index contributed by atoms with van der Waals surface area (Å²) in [7, 11) is 0. The molecule has 1 amide bonds. The van der Waals surface area contributed by atoms with Crippen molar-refractivity contribution in [2.45, 2.75) is 51.0 Å². The van der Waals surface area contributed by atoms with Gasteiger partial charge in [-0.25, -0.2) is 0 Å². The van der Waals surface area contributed by atoms with E-state index in [9.17, 15) is 4.79 Å². The van der Waals surface area contributed by atoms with Crippen LogP contribution in [0.4, 0.5) is 0 Å². The zero-order valence-electron chi connectivity index (χ0n) is 14.5. The molecule has 3 aliphatic rings. The minimum Gasteiger partial charge on any atom is -0.493 e. The van der Waals surface area contributed by atoms with Crippen molar-refractivity contribution in [3.63, 3.8) is 0 Å². The molecule has 2 heterocycles. The zero-order valence-corrected chi connectivity index (χ0v) is 14.5. The molecule has 1 saturated heterocycles. The number of rotatable bonds is 2. The van der Waals surface area contributed by atoms with Crippen LogP contribution in [0.2, 0.25) is 0 Å². The molecule has 0 unspecified atom stereocenters. The number of hydrogen-bond donors (Lipinski definition) is 0. The molecular weight excluding hydrogens is 300 g/mol. The molecule has 4 rings (SSSR count). The first-order chi connectivity index (χ1) is 11.8. The lowest BCUT2D eigenvalue weighted by Crippen LogP contribution is -2.38. The van der Waals surface area contributed by atoms with Crippen LogP contribution in [0.1, 0.15) is 54.4 Å². The Bertz CT molecular complexity index is 595. The minimum absolute atomic E-state index is 0.191. The van der Waals surface area contributed by atoms with Gasteiger partial charge in [0.25, 0.3) is 5.91 Å². The zero-order chi connectivity index (χ0) is 16.4. The number of benzene rings is 1. The van der Waals surface area contributed by atoms with Gasteiger partial charge in [-0.05, 0) is 55.9 Å². The molecule has 1 aliphatic carbocycles. The number of carbonyl (C=O) groups excluding carboxylic acids is 1. The van der Waals surface area contributed by atoms with Crippen LogP contribution in [0.5, 0.6) is 5.75 Å². The summed E-state index contributed by atoms with van der Waals surface area (Å²) < 4.78 is 5.66. The van der Waals surface area contributed by atoms with E-state index in [1.807, 2.05) is 12.1 Å². The maximum absolute atomic E-state index is 12.9. The Kier molecular flexibility index (Phi) is 4.74. The van der Waals surface area contributed by atoms with Gasteiger partial charge < -0.3 is 9.64 Å². The first kappa shape index (κ1) is 15.9. The predicted octanol–water partition coefficient (Wildman–Crippen LogP) is 3.10. The van der Waals surface area contributed by atoms with Crippen LogP contribution in [0.25, 0.3) is 0 Å². The Morgan fingerprint density at radius 1 is 1.00 bits per heavy atom. The molecule has 0 radical (unpaired) electrons. The lowest BCUT2D eigenvalue weighted by molar-refractivity contribution is 0.0758. The normalized spacial score (nSPS) is 22.8. The van der Waals surface area contributed by atoms with Crippen LogP contribution in [0.15, 0.2) is 18.2 Å². The molecule has 130 valence electrons. The highest BCUT2D eigenvalue weighted by Crippen LogP contribution is 2.27. The second kappa shape index (κ2) is 7.14. The second-order valence-corrected chi connectivity index (χ2v) is 7.39. The molecular formula is C20H28N2O2. The fourth-order valence-electron chi connectivity index (χ4n) is 4.45. The monoisotopic (exact) mass is 328 g/mol. The van der Waals surface area contributed by atoms with Gasteiger partial charge in [-0.3, -0.25) is 9.69 Å². The molecule has 1 aromatic carbocycles. The van der Waals surface area contributed by atoms with Crippen molar-refractivity contribution in [1.82, 2.24) is 9.80 Å². The van der Waals surface area contributed by atoms with Crippen LogP contribution in [0.3, 0.4) is 0 Å². The molecule has 4 heteroatoms. The Hall–Kier alpha value is -1.55. The van der Waals surface area contributed by atoms with Gasteiger partial charge in [0, 0.05) is 37.8 Å². The molecule has 1 aromatic rings. The average Bonchev–Trinajstić information content (AvgIpc) is 3.05. The third kappa shape index (κ3) is 3.30. The van der Waals surface area contributed by atoms with E-state index >= 15 is 0 Å². The van der Waals surface area contributed by atoms with Gasteiger partial charge in [0.15, 0.2) is 0 Å². The van der Waals surface area contributed by atoms with Gasteiger partial charge in [-0.1, -0.05) is 12.8 Å². The van der Waals surface area contributed by atoms with E-state index in [0.29, 0.717) is 0 Å². The highest BCUT2D eigenvalue weighted by molar-refractivity contribution is 5.94. The molecule has 2 fully saturated rings. The summed E-state index contributed by atoms with van der Waals surface area (Å²) >= 11 is 0. The number of amides is 1. The van der Waals surface area contributed by atoms with Gasteiger partial charge >= 0.3 is 0 Å². The van der Waals surface area contributed by atoms with Gasteiger partial charge in [-0.2, -0.15) is 0 Å². The van der Waals surface area contributed by atoms with Gasteiger partial charge in [0.05, 0.1) is 6.61 Å². The summed E-state index contributed by atoms with van der Waals surface area (Å²) in [6.45, 7) is 4.72. The number of carbonyl (C=O) groups is 1. The van der Waals surface area contributed by atoms with Gasteiger partial charge in [0.1, 0.15) is 5.75 Å². The van der Waals surface area contributed by atoms with E-state index in [1.54, 1.807) is 0 Å². The first-order valence-corrected chi connectivity index (χ1v) is 9.60. The Labute approximate surface area is 144 Å². The van der Waals surface area contributed by atoms with E-state index in [-0.39, 0.29) is 5.91 Å². The lowest BCUT2D eigenvalue weighted by atomic mass is 10.0. The summed E-state index contributed by atoms with van der Waals surface area (Å²) in [4.78, 5) is 17.6. The third-order valence-electron chi connectivity index (χ3n) is 5.81. The summed E-state index contributed by atoms with van der Waals surface area (Å²) in [6.07, 6.45) is 8.60. The molecule has 0 bridgehead atoms. The molecule has 0 atom stereocenters. The molecule has 2 aliphatic heterocycles. The van der Waals surface area contributed by atoms with Crippen LogP contribution in [-0.4, -0.2) is 54.5 Å². The number of ether oxygens (including phenoxy) is 1. The molecule has 0 aromatic heterocycles. The van der Waals surface area contributed by atoms with Crippen LogP contribution in [0, 0.1) is 0 Å². The predicted molar refractivity (Wildman–Crippen MR) is 94.6 cm³/mol. The smallest absolute Gasteiger partial charge is 0.253 e.